The third-order valence-electron chi connectivity index (χ3n) is 9.62. The number of para-hydroxylation sites is 1. The summed E-state index contributed by atoms with van der Waals surface area (Å²) < 4.78 is 20.3. The van der Waals surface area contributed by atoms with E-state index >= 15 is 4.57 Å². The molecule has 1 unspecified atom stereocenters. The van der Waals surface area contributed by atoms with Crippen LogP contribution >= 0.6 is 18.5 Å². The summed E-state index contributed by atoms with van der Waals surface area (Å²) in [5, 5.41) is 7.72. The van der Waals surface area contributed by atoms with Crippen molar-refractivity contribution in [2.45, 2.75) is 0 Å². The molecule has 0 saturated heterocycles. The van der Waals surface area contributed by atoms with E-state index in [0.29, 0.717) is 0 Å². The minimum absolute atomic E-state index is 0.878. The molecule has 2 aromatic heterocycles. The highest BCUT2D eigenvalue weighted by Gasteiger charge is 2.41. The maximum atomic E-state index is 15.3. The summed E-state index contributed by atoms with van der Waals surface area (Å²) in [6, 6.07) is 55.6. The van der Waals surface area contributed by atoms with E-state index in [9.17, 15) is 0 Å². The molecule has 1 aliphatic rings. The Kier molecular flexibility index (Phi) is 5.46. The number of nitrogens with zero attached hydrogens (tertiary/aromatic N) is 1. The van der Waals surface area contributed by atoms with Gasteiger partial charge >= 0.3 is 0 Å². The van der Waals surface area contributed by atoms with E-state index in [4.69, 9.17) is 0 Å². The number of fused-ring (bicyclic) bond motifs is 10. The molecular formula is C42H26NOPS. The second-order valence-corrected chi connectivity index (χ2v) is 15.8. The van der Waals surface area contributed by atoms with Crippen molar-refractivity contribution < 1.29 is 4.57 Å². The van der Waals surface area contributed by atoms with Crippen LogP contribution in [0.5, 0.6) is 0 Å². The van der Waals surface area contributed by atoms with Crippen LogP contribution in [0.15, 0.2) is 158 Å². The van der Waals surface area contributed by atoms with Gasteiger partial charge < -0.3 is 9.13 Å². The summed E-state index contributed by atoms with van der Waals surface area (Å²) in [5.74, 6) is 0. The molecule has 1 aliphatic heterocycles. The smallest absolute Gasteiger partial charge is 0.172 e. The lowest BCUT2D eigenvalue weighted by Gasteiger charge is -2.16. The van der Waals surface area contributed by atoms with Gasteiger partial charge in [0.1, 0.15) is 0 Å². The molecule has 0 N–H and O–H groups in total. The van der Waals surface area contributed by atoms with Crippen LogP contribution in [0.2, 0.25) is 0 Å². The highest BCUT2D eigenvalue weighted by Crippen LogP contribution is 2.54. The van der Waals surface area contributed by atoms with Gasteiger partial charge in [0.15, 0.2) is 7.14 Å². The zero-order chi connectivity index (χ0) is 30.4. The predicted molar refractivity (Wildman–Crippen MR) is 197 cm³/mol. The molecule has 0 saturated carbocycles. The van der Waals surface area contributed by atoms with Gasteiger partial charge in [-0.3, -0.25) is 0 Å². The molecule has 0 radical (unpaired) electrons. The van der Waals surface area contributed by atoms with Crippen molar-refractivity contribution in [3.63, 3.8) is 0 Å². The van der Waals surface area contributed by atoms with Crippen molar-refractivity contribution in [3.05, 3.63) is 158 Å². The van der Waals surface area contributed by atoms with E-state index in [1.807, 2.05) is 47.7 Å². The molecule has 3 heterocycles. The molecule has 0 aliphatic carbocycles. The van der Waals surface area contributed by atoms with Gasteiger partial charge in [0.25, 0.3) is 0 Å². The number of hydrogen-bond acceptors (Lipinski definition) is 2. The summed E-state index contributed by atoms with van der Waals surface area (Å²) in [6.45, 7) is 0. The third kappa shape index (κ3) is 3.50. The van der Waals surface area contributed by atoms with Crippen LogP contribution in [0.1, 0.15) is 0 Å². The Morgan fingerprint density at radius 1 is 0.500 bits per heavy atom. The zero-order valence-corrected chi connectivity index (χ0v) is 26.4. The van der Waals surface area contributed by atoms with Crippen LogP contribution in [0.25, 0.3) is 69.9 Å². The monoisotopic (exact) mass is 623 g/mol. The first-order valence-electron chi connectivity index (χ1n) is 15.5. The van der Waals surface area contributed by atoms with E-state index in [0.717, 1.165) is 43.8 Å². The van der Waals surface area contributed by atoms with Crippen molar-refractivity contribution in [2.75, 3.05) is 0 Å². The Balaban J connectivity index is 1.20. The van der Waals surface area contributed by atoms with E-state index in [-0.39, 0.29) is 0 Å². The summed E-state index contributed by atoms with van der Waals surface area (Å²) >= 11 is 1.85. The van der Waals surface area contributed by atoms with Crippen LogP contribution in [-0.2, 0) is 4.57 Å². The van der Waals surface area contributed by atoms with Gasteiger partial charge in [0.2, 0.25) is 0 Å². The van der Waals surface area contributed by atoms with Crippen LogP contribution in [0.3, 0.4) is 0 Å². The molecule has 0 amide bonds. The molecule has 9 aromatic rings. The predicted octanol–water partition coefficient (Wildman–Crippen LogP) is 10.4. The Morgan fingerprint density at radius 3 is 2.04 bits per heavy atom. The van der Waals surface area contributed by atoms with Gasteiger partial charge in [-0.1, -0.05) is 121 Å². The van der Waals surface area contributed by atoms with E-state index in [1.54, 1.807) is 0 Å². The summed E-state index contributed by atoms with van der Waals surface area (Å²) in [5.41, 5.74) is 7.89. The average Bonchev–Trinajstić information content (AvgIpc) is 3.75. The first kappa shape index (κ1) is 26.1. The molecule has 4 heteroatoms. The molecule has 46 heavy (non-hydrogen) atoms. The fraction of sp³-hybridized carbons (Fsp3) is 0. The van der Waals surface area contributed by atoms with Gasteiger partial charge in [-0.25, -0.2) is 0 Å². The summed E-state index contributed by atoms with van der Waals surface area (Å²) in [7, 11) is -3.05. The minimum Gasteiger partial charge on any atom is -0.309 e. The second-order valence-electron chi connectivity index (χ2n) is 12.0. The molecule has 1 atom stereocenters. The lowest BCUT2D eigenvalue weighted by molar-refractivity contribution is 0.593. The van der Waals surface area contributed by atoms with Gasteiger partial charge in [-0.05, 0) is 53.1 Å². The van der Waals surface area contributed by atoms with Crippen LogP contribution in [-0.4, -0.2) is 4.57 Å². The van der Waals surface area contributed by atoms with Gasteiger partial charge in [0, 0.05) is 58.1 Å². The zero-order valence-electron chi connectivity index (χ0n) is 24.7. The van der Waals surface area contributed by atoms with Gasteiger partial charge in [0.05, 0.1) is 11.0 Å². The quantitative estimate of drug-likeness (QED) is 0.180. The number of hydrogen-bond donors (Lipinski definition) is 0. The van der Waals surface area contributed by atoms with Crippen LogP contribution in [0, 0.1) is 0 Å². The first-order valence-corrected chi connectivity index (χ1v) is 18.1. The maximum Gasteiger partial charge on any atom is 0.172 e. The van der Waals surface area contributed by atoms with Crippen LogP contribution < -0.4 is 15.9 Å². The molecule has 0 bridgehead atoms. The average molecular weight is 624 g/mol. The van der Waals surface area contributed by atoms with Gasteiger partial charge in [-0.2, -0.15) is 0 Å². The number of rotatable bonds is 3. The Labute approximate surface area is 270 Å². The highest BCUT2D eigenvalue weighted by atomic mass is 32.1. The molecule has 10 rings (SSSR count). The topological polar surface area (TPSA) is 22.0 Å². The molecule has 216 valence electrons. The summed E-state index contributed by atoms with van der Waals surface area (Å²) in [6.07, 6.45) is 0. The fourth-order valence-corrected chi connectivity index (χ4v) is 11.8. The Hall–Kier alpha value is -5.21. The second kappa shape index (κ2) is 9.64. The fourth-order valence-electron chi connectivity index (χ4n) is 7.56. The summed E-state index contributed by atoms with van der Waals surface area (Å²) in [4.78, 5) is 0. The lowest BCUT2D eigenvalue weighted by atomic mass is 10.0. The molecule has 0 spiro atoms. The van der Waals surface area contributed by atoms with Crippen molar-refractivity contribution in [2.24, 2.45) is 0 Å². The third-order valence-corrected chi connectivity index (χ3v) is 13.9. The molecule has 0 fully saturated rings. The van der Waals surface area contributed by atoms with E-state index < -0.39 is 7.14 Å². The molecule has 2 nitrogen and oxygen atoms in total. The first-order chi connectivity index (χ1) is 22.7. The Bertz CT molecular complexity index is 2720. The number of thiophene rings is 1. The van der Waals surface area contributed by atoms with Crippen molar-refractivity contribution in [1.82, 2.24) is 4.57 Å². The SMILES string of the molecule is O=P1(c2ccccc2)c2ccccc2-c2c1ccc1c3ccccc3n(-c3ccc(-c4ccc5c(c4)sc4ccccc45)cc3)c21. The minimum atomic E-state index is -3.05. The van der Waals surface area contributed by atoms with E-state index in [2.05, 4.69) is 126 Å². The standard InChI is InChI=1S/C42H26NOPS/c44-45(30-10-2-1-3-11-30)37-16-8-5-14-35(37)41-38(45)25-24-34-31-12-4-7-15-36(31)43(42(34)41)29-21-18-27(19-22-29)28-20-23-33-32-13-6-9-17-39(32)46-40(33)26-28/h1-26H. The lowest BCUT2D eigenvalue weighted by Crippen LogP contribution is -2.20. The molecular weight excluding hydrogens is 598 g/mol. The number of aromatic nitrogens is 1. The van der Waals surface area contributed by atoms with Crippen molar-refractivity contribution in [3.8, 4) is 27.9 Å². The van der Waals surface area contributed by atoms with Crippen molar-refractivity contribution in [1.29, 1.82) is 0 Å². The largest absolute Gasteiger partial charge is 0.309 e. The maximum absolute atomic E-state index is 15.3. The number of benzene rings is 7. The van der Waals surface area contributed by atoms with Crippen LogP contribution in [0.4, 0.5) is 0 Å². The Morgan fingerprint density at radius 2 is 1.17 bits per heavy atom. The van der Waals surface area contributed by atoms with Crippen molar-refractivity contribution >= 4 is 76.4 Å². The van der Waals surface area contributed by atoms with Gasteiger partial charge in [-0.15, -0.1) is 11.3 Å². The normalized spacial score (nSPS) is 15.6. The highest BCUT2D eigenvalue weighted by molar-refractivity contribution is 7.86. The van der Waals surface area contributed by atoms with E-state index in [1.165, 1.54) is 42.1 Å². The molecule has 7 aromatic carbocycles.